The summed E-state index contributed by atoms with van der Waals surface area (Å²) in [6.07, 6.45) is 1.01. The molecule has 104 valence electrons. The van der Waals surface area contributed by atoms with Crippen molar-refractivity contribution in [3.63, 3.8) is 0 Å². The van der Waals surface area contributed by atoms with Gasteiger partial charge in [-0.15, -0.1) is 11.3 Å². The number of carboxylic acids is 1. The fourth-order valence-electron chi connectivity index (χ4n) is 2.29. The van der Waals surface area contributed by atoms with Gasteiger partial charge < -0.3 is 10.0 Å². The Hall–Kier alpha value is -1.43. The van der Waals surface area contributed by atoms with Gasteiger partial charge in [0, 0.05) is 13.1 Å². The van der Waals surface area contributed by atoms with Crippen LogP contribution < -0.4 is 0 Å². The number of piperidine rings is 1. The molecular weight excluding hydrogens is 264 g/mol. The number of rotatable bonds is 2. The van der Waals surface area contributed by atoms with Crippen molar-refractivity contribution < 1.29 is 14.7 Å². The summed E-state index contributed by atoms with van der Waals surface area (Å²) < 4.78 is 0. The normalized spacial score (nSPS) is 18.4. The number of aryl methyl sites for hydroxylation is 2. The van der Waals surface area contributed by atoms with E-state index < -0.39 is 11.4 Å². The van der Waals surface area contributed by atoms with Gasteiger partial charge in [0.25, 0.3) is 5.91 Å². The first-order valence-corrected chi connectivity index (χ1v) is 7.12. The van der Waals surface area contributed by atoms with Crippen LogP contribution in [-0.4, -0.2) is 40.0 Å². The van der Waals surface area contributed by atoms with E-state index in [2.05, 4.69) is 4.98 Å². The van der Waals surface area contributed by atoms with Gasteiger partial charge in [-0.05, 0) is 33.6 Å². The Kier molecular flexibility index (Phi) is 3.62. The second kappa shape index (κ2) is 4.92. The highest BCUT2D eigenvalue weighted by atomic mass is 32.1. The number of carbonyl (C=O) groups is 2. The lowest BCUT2D eigenvalue weighted by atomic mass is 9.80. The van der Waals surface area contributed by atoms with E-state index in [4.69, 9.17) is 0 Å². The zero-order valence-electron chi connectivity index (χ0n) is 11.4. The van der Waals surface area contributed by atoms with Gasteiger partial charge in [0.2, 0.25) is 0 Å². The molecule has 0 atom stereocenters. The Balaban J connectivity index is 2.08. The molecule has 5 nitrogen and oxygen atoms in total. The third-order valence-electron chi connectivity index (χ3n) is 3.77. The van der Waals surface area contributed by atoms with Gasteiger partial charge in [0.05, 0.1) is 16.1 Å². The van der Waals surface area contributed by atoms with Gasteiger partial charge in [-0.25, -0.2) is 4.98 Å². The molecule has 0 radical (unpaired) electrons. The van der Waals surface area contributed by atoms with Crippen molar-refractivity contribution in [1.29, 1.82) is 0 Å². The van der Waals surface area contributed by atoms with E-state index in [1.165, 1.54) is 11.3 Å². The second-order valence-electron chi connectivity index (χ2n) is 5.31. The summed E-state index contributed by atoms with van der Waals surface area (Å²) in [5.41, 5.74) is 0.0641. The van der Waals surface area contributed by atoms with Crippen molar-refractivity contribution in [2.45, 2.75) is 33.6 Å². The van der Waals surface area contributed by atoms with Crippen molar-refractivity contribution in [1.82, 2.24) is 9.88 Å². The van der Waals surface area contributed by atoms with Crippen LogP contribution in [0.4, 0.5) is 0 Å². The van der Waals surface area contributed by atoms with Crippen LogP contribution in [0.25, 0.3) is 0 Å². The van der Waals surface area contributed by atoms with Gasteiger partial charge in [0.15, 0.2) is 0 Å². The molecule has 2 rings (SSSR count). The lowest BCUT2D eigenvalue weighted by Crippen LogP contribution is -2.45. The van der Waals surface area contributed by atoms with Crippen molar-refractivity contribution in [3.05, 3.63) is 15.6 Å². The average molecular weight is 282 g/mol. The highest BCUT2D eigenvalue weighted by molar-refractivity contribution is 7.13. The summed E-state index contributed by atoms with van der Waals surface area (Å²) in [6.45, 7) is 6.46. The van der Waals surface area contributed by atoms with Gasteiger partial charge >= 0.3 is 5.97 Å². The minimum absolute atomic E-state index is 0.0180. The number of aromatic nitrogens is 1. The van der Waals surface area contributed by atoms with Crippen molar-refractivity contribution in [3.8, 4) is 0 Å². The largest absolute Gasteiger partial charge is 0.481 e. The molecule has 1 aromatic rings. The molecule has 0 spiro atoms. The summed E-state index contributed by atoms with van der Waals surface area (Å²) in [5, 5.41) is 10.1. The topological polar surface area (TPSA) is 70.5 Å². The average Bonchev–Trinajstić information content (AvgIpc) is 2.68. The van der Waals surface area contributed by atoms with E-state index in [1.807, 2.05) is 13.8 Å². The molecule has 0 saturated carbocycles. The zero-order valence-corrected chi connectivity index (χ0v) is 12.2. The summed E-state index contributed by atoms with van der Waals surface area (Å²) in [6, 6.07) is 0. The fraction of sp³-hybridized carbons (Fsp3) is 0.615. The molecule has 1 N–H and O–H groups in total. The number of hydrogen-bond acceptors (Lipinski definition) is 4. The molecular formula is C13H18N2O3S. The smallest absolute Gasteiger partial charge is 0.309 e. The molecule has 1 aromatic heterocycles. The number of carboxylic acid groups (broad SMARTS) is 1. The quantitative estimate of drug-likeness (QED) is 0.901. The summed E-state index contributed by atoms with van der Waals surface area (Å²) in [4.78, 5) is 30.2. The Bertz CT molecular complexity index is 516. The van der Waals surface area contributed by atoms with Crippen molar-refractivity contribution >= 4 is 23.2 Å². The van der Waals surface area contributed by atoms with E-state index >= 15 is 0 Å². The van der Waals surface area contributed by atoms with Crippen LogP contribution in [0.3, 0.4) is 0 Å². The first-order chi connectivity index (χ1) is 8.83. The Morgan fingerprint density at radius 2 is 1.89 bits per heavy atom. The SMILES string of the molecule is Cc1nc(C)c(C(=O)N2CCC(C)(C(=O)O)CC2)s1. The highest BCUT2D eigenvalue weighted by Crippen LogP contribution is 2.32. The molecule has 1 amide bonds. The minimum atomic E-state index is -0.774. The number of aliphatic carboxylic acids is 1. The van der Waals surface area contributed by atoms with E-state index in [9.17, 15) is 14.7 Å². The molecule has 1 fully saturated rings. The first kappa shape index (κ1) is 14.0. The lowest BCUT2D eigenvalue weighted by Gasteiger charge is -2.36. The Morgan fingerprint density at radius 3 is 2.32 bits per heavy atom. The highest BCUT2D eigenvalue weighted by Gasteiger charge is 2.38. The molecule has 2 heterocycles. The van der Waals surface area contributed by atoms with E-state index in [0.717, 1.165) is 10.7 Å². The summed E-state index contributed by atoms with van der Waals surface area (Å²) in [7, 11) is 0. The monoisotopic (exact) mass is 282 g/mol. The van der Waals surface area contributed by atoms with E-state index in [0.29, 0.717) is 30.8 Å². The van der Waals surface area contributed by atoms with Crippen LogP contribution in [0.5, 0.6) is 0 Å². The van der Waals surface area contributed by atoms with Crippen molar-refractivity contribution in [2.75, 3.05) is 13.1 Å². The zero-order chi connectivity index (χ0) is 14.2. The Morgan fingerprint density at radius 1 is 1.32 bits per heavy atom. The van der Waals surface area contributed by atoms with Crippen molar-refractivity contribution in [2.24, 2.45) is 5.41 Å². The molecule has 1 aliphatic heterocycles. The number of carbonyl (C=O) groups excluding carboxylic acids is 1. The minimum Gasteiger partial charge on any atom is -0.481 e. The molecule has 0 aliphatic carbocycles. The molecule has 1 saturated heterocycles. The molecule has 19 heavy (non-hydrogen) atoms. The van der Waals surface area contributed by atoms with E-state index in [1.54, 1.807) is 11.8 Å². The molecule has 6 heteroatoms. The third-order valence-corrected chi connectivity index (χ3v) is 4.83. The van der Waals surface area contributed by atoms with Crippen LogP contribution in [0, 0.1) is 19.3 Å². The maximum Gasteiger partial charge on any atom is 0.309 e. The number of hydrogen-bond donors (Lipinski definition) is 1. The summed E-state index contributed by atoms with van der Waals surface area (Å²) in [5.74, 6) is -0.792. The maximum atomic E-state index is 12.4. The van der Waals surface area contributed by atoms with Crippen LogP contribution in [0.2, 0.25) is 0 Å². The van der Waals surface area contributed by atoms with Gasteiger partial charge in [-0.1, -0.05) is 0 Å². The standard InChI is InChI=1S/C13H18N2O3S/c1-8-10(19-9(2)14-8)11(16)15-6-4-13(3,5-7-15)12(17)18/h4-7H2,1-3H3,(H,17,18). The number of thiazole rings is 1. The molecule has 0 aromatic carbocycles. The van der Waals surface area contributed by atoms with E-state index in [-0.39, 0.29) is 5.91 Å². The lowest BCUT2D eigenvalue weighted by molar-refractivity contribution is -0.150. The van der Waals surface area contributed by atoms with Gasteiger partial charge in [-0.3, -0.25) is 9.59 Å². The maximum absolute atomic E-state index is 12.4. The molecule has 1 aliphatic rings. The fourth-order valence-corrected chi connectivity index (χ4v) is 3.18. The third kappa shape index (κ3) is 2.63. The van der Waals surface area contributed by atoms with Crippen LogP contribution in [0.1, 0.15) is 40.1 Å². The number of amides is 1. The summed E-state index contributed by atoms with van der Waals surface area (Å²) >= 11 is 1.40. The predicted octanol–water partition coefficient (Wildman–Crippen LogP) is 2.09. The molecule has 0 bridgehead atoms. The molecule has 0 unspecified atom stereocenters. The van der Waals surface area contributed by atoms with Gasteiger partial charge in [0.1, 0.15) is 4.88 Å². The predicted molar refractivity (Wildman–Crippen MR) is 72.5 cm³/mol. The Labute approximate surface area is 116 Å². The van der Waals surface area contributed by atoms with Crippen LogP contribution >= 0.6 is 11.3 Å². The number of nitrogens with zero attached hydrogens (tertiary/aromatic N) is 2. The number of likely N-dealkylation sites (tertiary alicyclic amines) is 1. The van der Waals surface area contributed by atoms with Crippen LogP contribution in [0.15, 0.2) is 0 Å². The second-order valence-corrected chi connectivity index (χ2v) is 6.51. The van der Waals surface area contributed by atoms with Crippen LogP contribution in [-0.2, 0) is 4.79 Å². The van der Waals surface area contributed by atoms with Gasteiger partial charge in [-0.2, -0.15) is 0 Å². The first-order valence-electron chi connectivity index (χ1n) is 6.30.